The van der Waals surface area contributed by atoms with Crippen LogP contribution >= 0.6 is 0 Å². The van der Waals surface area contributed by atoms with Crippen molar-refractivity contribution >= 4 is 23.9 Å². The summed E-state index contributed by atoms with van der Waals surface area (Å²) in [6.07, 6.45) is 0.904. The van der Waals surface area contributed by atoms with Crippen LogP contribution in [0.25, 0.3) is 5.53 Å². The van der Waals surface area contributed by atoms with Crippen molar-refractivity contribution in [3.05, 3.63) is 5.53 Å². The first-order valence-electron chi connectivity index (χ1n) is 7.79. The molecule has 0 aromatic rings. The summed E-state index contributed by atoms with van der Waals surface area (Å²) >= 11 is 0. The van der Waals surface area contributed by atoms with Crippen LogP contribution in [0.4, 0.5) is 0 Å². The van der Waals surface area contributed by atoms with Gasteiger partial charge in [0.25, 0.3) is 0 Å². The number of nitrogens with one attached hydrogen (secondary N) is 1. The molecule has 1 fully saturated rings. The number of esters is 1. The highest BCUT2D eigenvalue weighted by Crippen LogP contribution is 2.13. The summed E-state index contributed by atoms with van der Waals surface area (Å²) in [5.74, 6) is -1.54. The van der Waals surface area contributed by atoms with E-state index in [1.54, 1.807) is 6.92 Å². The summed E-state index contributed by atoms with van der Waals surface area (Å²) in [6.45, 7) is 2.57. The molecule has 2 atom stereocenters. The molecule has 0 saturated carbocycles. The number of nitrogens with zero attached hydrogens (tertiary/aromatic N) is 2. The number of methoxy groups -OCH3 is 1. The van der Waals surface area contributed by atoms with Crippen molar-refractivity contribution in [2.75, 3.05) is 20.3 Å². The van der Waals surface area contributed by atoms with Gasteiger partial charge in [-0.25, -0.2) is 4.79 Å². The first-order chi connectivity index (χ1) is 11.5. The third-order valence-electron chi connectivity index (χ3n) is 3.66. The molecule has 9 nitrogen and oxygen atoms in total. The third-order valence-corrected chi connectivity index (χ3v) is 3.66. The van der Waals surface area contributed by atoms with Crippen molar-refractivity contribution in [2.24, 2.45) is 0 Å². The molecule has 0 aromatic heterocycles. The zero-order chi connectivity index (χ0) is 17.9. The standard InChI is InChI=1S/C15H23N3O6/c1-10(22-2)14(20)18-13(4-3-11(19)9-17-16)15(21)24-12-5-7-23-8-6-12/h9-10,12-13H,3-8H2,1-2H3,(H,18,20)/t10-,13-/m0/s1. The van der Waals surface area contributed by atoms with E-state index in [-0.39, 0.29) is 18.9 Å². The lowest BCUT2D eigenvalue weighted by molar-refractivity contribution is -0.157. The van der Waals surface area contributed by atoms with Crippen LogP contribution in [-0.4, -0.2) is 67.2 Å². The van der Waals surface area contributed by atoms with Gasteiger partial charge in [0.1, 0.15) is 18.2 Å². The van der Waals surface area contributed by atoms with Crippen molar-refractivity contribution in [3.63, 3.8) is 0 Å². The van der Waals surface area contributed by atoms with Gasteiger partial charge in [0.15, 0.2) is 0 Å². The van der Waals surface area contributed by atoms with Crippen LogP contribution in [0.3, 0.4) is 0 Å². The lowest BCUT2D eigenvalue weighted by Crippen LogP contribution is -2.47. The molecule has 0 bridgehead atoms. The lowest BCUT2D eigenvalue weighted by atomic mass is 10.1. The normalized spacial score (nSPS) is 17.2. The summed E-state index contributed by atoms with van der Waals surface area (Å²) in [6, 6.07) is -0.978. The van der Waals surface area contributed by atoms with Gasteiger partial charge in [0.05, 0.1) is 13.2 Å². The molecule has 1 N–H and O–H groups in total. The maximum atomic E-state index is 12.3. The highest BCUT2D eigenvalue weighted by molar-refractivity contribution is 6.25. The zero-order valence-corrected chi connectivity index (χ0v) is 13.9. The molecule has 0 radical (unpaired) electrons. The van der Waals surface area contributed by atoms with Crippen LogP contribution in [0.5, 0.6) is 0 Å². The van der Waals surface area contributed by atoms with Crippen LogP contribution in [0.15, 0.2) is 0 Å². The van der Waals surface area contributed by atoms with Crippen LogP contribution in [0.1, 0.15) is 32.6 Å². The van der Waals surface area contributed by atoms with Gasteiger partial charge in [-0.15, -0.1) is 0 Å². The number of carbonyl (C=O) groups is 3. The molecular weight excluding hydrogens is 318 g/mol. The van der Waals surface area contributed by atoms with Gasteiger partial charge in [-0.1, -0.05) is 0 Å². The number of ketones is 1. The third kappa shape index (κ3) is 6.99. The number of amides is 1. The van der Waals surface area contributed by atoms with Crippen molar-refractivity contribution in [2.45, 2.75) is 50.9 Å². The Balaban J connectivity index is 2.66. The van der Waals surface area contributed by atoms with Gasteiger partial charge in [-0.3, -0.25) is 9.59 Å². The molecule has 24 heavy (non-hydrogen) atoms. The molecule has 0 spiro atoms. The van der Waals surface area contributed by atoms with Gasteiger partial charge in [0.2, 0.25) is 11.7 Å². The lowest BCUT2D eigenvalue weighted by Gasteiger charge is -2.25. The van der Waals surface area contributed by atoms with Crippen molar-refractivity contribution < 1.29 is 33.4 Å². The van der Waals surface area contributed by atoms with E-state index in [1.165, 1.54) is 7.11 Å². The van der Waals surface area contributed by atoms with E-state index in [1.807, 2.05) is 0 Å². The van der Waals surface area contributed by atoms with E-state index in [9.17, 15) is 14.4 Å². The fourth-order valence-electron chi connectivity index (χ4n) is 2.10. The summed E-state index contributed by atoms with van der Waals surface area (Å²) in [5, 5.41) is 2.53. The first kappa shape index (κ1) is 20.0. The Morgan fingerprint density at radius 1 is 1.38 bits per heavy atom. The quantitative estimate of drug-likeness (QED) is 0.269. The number of ether oxygens (including phenoxy) is 3. The van der Waals surface area contributed by atoms with Crippen molar-refractivity contribution in [3.8, 4) is 0 Å². The van der Waals surface area contributed by atoms with Crippen molar-refractivity contribution in [1.29, 1.82) is 0 Å². The number of carbonyl (C=O) groups excluding carboxylic acids is 3. The van der Waals surface area contributed by atoms with Crippen LogP contribution in [0, 0.1) is 0 Å². The monoisotopic (exact) mass is 341 g/mol. The second-order valence-electron chi connectivity index (χ2n) is 5.44. The number of rotatable bonds is 9. The average Bonchev–Trinajstić information content (AvgIpc) is 2.58. The van der Waals surface area contributed by atoms with E-state index >= 15 is 0 Å². The second-order valence-corrected chi connectivity index (χ2v) is 5.44. The minimum Gasteiger partial charge on any atom is -0.461 e. The Morgan fingerprint density at radius 2 is 2.04 bits per heavy atom. The van der Waals surface area contributed by atoms with E-state index in [0.29, 0.717) is 26.1 Å². The molecule has 0 aromatic carbocycles. The highest BCUT2D eigenvalue weighted by atomic mass is 16.6. The largest absolute Gasteiger partial charge is 0.461 e. The summed E-state index contributed by atoms with van der Waals surface area (Å²) in [7, 11) is 1.38. The minimum atomic E-state index is -0.978. The van der Waals surface area contributed by atoms with E-state index in [0.717, 1.165) is 6.21 Å². The van der Waals surface area contributed by atoms with Gasteiger partial charge >= 0.3 is 12.2 Å². The number of Topliss-reactive ketones (excluding diaryl/α,β-unsaturated/α-hetero) is 1. The maximum absolute atomic E-state index is 12.3. The maximum Gasteiger partial charge on any atom is 0.328 e. The molecule has 0 unspecified atom stereocenters. The molecule has 1 aliphatic heterocycles. The average molecular weight is 341 g/mol. The Kier molecular flexibility index (Phi) is 8.85. The Labute approximate surface area is 140 Å². The van der Waals surface area contributed by atoms with Crippen molar-refractivity contribution in [1.82, 2.24) is 5.32 Å². The molecule has 1 saturated heterocycles. The molecule has 134 valence electrons. The predicted molar refractivity (Wildman–Crippen MR) is 82.3 cm³/mol. The number of hydrogen-bond donors (Lipinski definition) is 1. The predicted octanol–water partition coefficient (Wildman–Crippen LogP) is -0.122. The Bertz CT molecular complexity index is 497. The van der Waals surface area contributed by atoms with E-state index in [2.05, 4.69) is 10.1 Å². The second kappa shape index (κ2) is 10.6. The van der Waals surface area contributed by atoms with Crippen LogP contribution in [-0.2, 0) is 28.6 Å². The van der Waals surface area contributed by atoms with Gasteiger partial charge in [-0.2, -0.15) is 4.79 Å². The topological polar surface area (TPSA) is 127 Å². The highest BCUT2D eigenvalue weighted by Gasteiger charge is 2.28. The first-order valence-corrected chi connectivity index (χ1v) is 7.79. The van der Waals surface area contributed by atoms with Crippen LogP contribution in [0.2, 0.25) is 0 Å². The molecule has 1 amide bonds. The fraction of sp³-hybridized carbons (Fsp3) is 0.733. The minimum absolute atomic E-state index is 0.0368. The molecule has 0 aliphatic carbocycles. The molecular formula is C15H23N3O6. The number of hydrogen-bond acceptors (Lipinski definition) is 6. The van der Waals surface area contributed by atoms with Gasteiger partial charge in [0, 0.05) is 26.4 Å². The summed E-state index contributed by atoms with van der Waals surface area (Å²) in [5.41, 5.74) is 8.34. The smallest absolute Gasteiger partial charge is 0.328 e. The van der Waals surface area contributed by atoms with E-state index < -0.39 is 29.8 Å². The zero-order valence-electron chi connectivity index (χ0n) is 13.9. The summed E-state index contributed by atoms with van der Waals surface area (Å²) < 4.78 is 15.5. The Hall–Kier alpha value is -2.09. The molecule has 1 rings (SSSR count). The SMILES string of the molecule is CO[C@@H](C)C(=O)N[C@@H](CCC(=O)C=[N+]=[N-])C(=O)OC1CCOCC1. The fourth-order valence-corrected chi connectivity index (χ4v) is 2.10. The van der Waals surface area contributed by atoms with E-state index in [4.69, 9.17) is 19.7 Å². The van der Waals surface area contributed by atoms with Gasteiger partial charge in [-0.05, 0) is 13.3 Å². The summed E-state index contributed by atoms with van der Waals surface area (Å²) in [4.78, 5) is 38.3. The van der Waals surface area contributed by atoms with Gasteiger partial charge < -0.3 is 25.1 Å². The molecule has 1 aliphatic rings. The molecule has 1 heterocycles. The Morgan fingerprint density at radius 3 is 2.62 bits per heavy atom. The van der Waals surface area contributed by atoms with Crippen LogP contribution < -0.4 is 5.32 Å². The molecule has 9 heteroatoms.